The highest BCUT2D eigenvalue weighted by Gasteiger charge is 2.27. The molecule has 0 aromatic carbocycles. The van der Waals surface area contributed by atoms with Crippen LogP contribution in [0.1, 0.15) is 70.3 Å². The first-order chi connectivity index (χ1) is 17.8. The molecular weight excluding hydrogens is 487 g/mol. The smallest absolute Gasteiger partial charge is 0.255 e. The van der Waals surface area contributed by atoms with Crippen molar-refractivity contribution in [1.82, 2.24) is 25.2 Å². The zero-order valence-electron chi connectivity index (χ0n) is 23.0. The maximum absolute atomic E-state index is 14.1. The number of aliphatic hydroxyl groups is 1. The minimum Gasteiger partial charge on any atom is -0.387 e. The number of carbonyl (C=O) groups excluding carboxylic acids is 2. The van der Waals surface area contributed by atoms with Gasteiger partial charge in [-0.1, -0.05) is 13.8 Å². The van der Waals surface area contributed by atoms with Crippen LogP contribution in [0.15, 0.2) is 36.8 Å². The van der Waals surface area contributed by atoms with Gasteiger partial charge in [0.05, 0.1) is 23.4 Å². The van der Waals surface area contributed by atoms with E-state index in [1.807, 2.05) is 36.7 Å². The molecule has 0 aliphatic heterocycles. The highest BCUT2D eigenvalue weighted by Crippen LogP contribution is 2.24. The van der Waals surface area contributed by atoms with Gasteiger partial charge >= 0.3 is 0 Å². The summed E-state index contributed by atoms with van der Waals surface area (Å²) in [5.41, 5.74) is 0.836. The number of nitrogens with zero attached hydrogens (tertiary/aromatic N) is 3. The van der Waals surface area contributed by atoms with Gasteiger partial charge in [0.1, 0.15) is 17.6 Å². The molecule has 10 heteroatoms. The second kappa shape index (κ2) is 12.3. The average molecular weight is 527 g/mol. The summed E-state index contributed by atoms with van der Waals surface area (Å²) >= 11 is 0. The van der Waals surface area contributed by atoms with Crippen LogP contribution in [0.3, 0.4) is 0 Å². The number of anilines is 1. The van der Waals surface area contributed by atoms with Crippen molar-refractivity contribution >= 4 is 28.5 Å². The molecular formula is C28H39FN6O3. The fourth-order valence-electron chi connectivity index (χ4n) is 3.77. The maximum Gasteiger partial charge on any atom is 0.255 e. The van der Waals surface area contributed by atoms with Crippen molar-refractivity contribution in [3.8, 4) is 5.82 Å². The first-order valence-corrected chi connectivity index (χ1v) is 13.0. The molecule has 0 saturated heterocycles. The van der Waals surface area contributed by atoms with Crippen LogP contribution < -0.4 is 16.0 Å². The summed E-state index contributed by atoms with van der Waals surface area (Å²) in [6.07, 6.45) is 4.76. The largest absolute Gasteiger partial charge is 0.387 e. The van der Waals surface area contributed by atoms with Crippen LogP contribution in [0.4, 0.5) is 10.1 Å². The molecule has 0 saturated carbocycles. The molecule has 3 aromatic heterocycles. The van der Waals surface area contributed by atoms with Gasteiger partial charge in [-0.05, 0) is 57.7 Å². The maximum atomic E-state index is 14.1. The van der Waals surface area contributed by atoms with E-state index in [1.54, 1.807) is 12.3 Å². The van der Waals surface area contributed by atoms with E-state index in [0.29, 0.717) is 36.0 Å². The fourth-order valence-corrected chi connectivity index (χ4v) is 3.77. The van der Waals surface area contributed by atoms with Crippen molar-refractivity contribution in [3.05, 3.63) is 47.9 Å². The lowest BCUT2D eigenvalue weighted by atomic mass is 10.0. The molecule has 4 N–H and O–H groups in total. The molecule has 0 spiro atoms. The number of hydrogen-bond acceptors (Lipinski definition) is 6. The van der Waals surface area contributed by atoms with Crippen LogP contribution in [0, 0.1) is 5.92 Å². The molecule has 0 radical (unpaired) electrons. The number of rotatable bonds is 12. The Morgan fingerprint density at radius 1 is 1.11 bits per heavy atom. The Balaban J connectivity index is 1.80. The lowest BCUT2D eigenvalue weighted by molar-refractivity contribution is -0.121. The summed E-state index contributed by atoms with van der Waals surface area (Å²) in [5, 5.41) is 19.4. The molecule has 9 nitrogen and oxygen atoms in total. The van der Waals surface area contributed by atoms with Gasteiger partial charge in [-0.2, -0.15) is 0 Å². The normalized spacial score (nSPS) is 12.7. The number of fused-ring (bicyclic) bond motifs is 1. The van der Waals surface area contributed by atoms with Gasteiger partial charge in [0.25, 0.3) is 5.91 Å². The van der Waals surface area contributed by atoms with Gasteiger partial charge < -0.3 is 21.1 Å². The van der Waals surface area contributed by atoms with E-state index in [1.165, 1.54) is 20.0 Å². The van der Waals surface area contributed by atoms with Crippen LogP contribution >= 0.6 is 0 Å². The molecule has 206 valence electrons. The summed E-state index contributed by atoms with van der Waals surface area (Å²) in [6.45, 7) is 10.9. The third kappa shape index (κ3) is 7.74. The van der Waals surface area contributed by atoms with Crippen molar-refractivity contribution in [2.24, 2.45) is 5.92 Å². The Kier molecular flexibility index (Phi) is 9.43. The van der Waals surface area contributed by atoms with Crippen LogP contribution in [0.5, 0.6) is 0 Å². The van der Waals surface area contributed by atoms with Gasteiger partial charge in [-0.15, -0.1) is 0 Å². The molecule has 0 aliphatic rings. The van der Waals surface area contributed by atoms with Gasteiger partial charge in [0.15, 0.2) is 0 Å². The molecule has 1 unspecified atom stereocenters. The highest BCUT2D eigenvalue weighted by atomic mass is 19.1. The van der Waals surface area contributed by atoms with Crippen molar-refractivity contribution < 1.29 is 19.1 Å². The lowest BCUT2D eigenvalue weighted by Gasteiger charge is -2.23. The summed E-state index contributed by atoms with van der Waals surface area (Å²) in [4.78, 5) is 34.0. The fraction of sp³-hybridized carbons (Fsp3) is 0.500. The number of pyridine rings is 2. The van der Waals surface area contributed by atoms with E-state index >= 15 is 0 Å². The molecule has 1 atom stereocenters. The molecule has 3 aromatic rings. The predicted molar refractivity (Wildman–Crippen MR) is 147 cm³/mol. The van der Waals surface area contributed by atoms with Gasteiger partial charge in [0, 0.05) is 49.1 Å². The summed E-state index contributed by atoms with van der Waals surface area (Å²) < 4.78 is 16.0. The SMILES string of the molecule is CC(C)CCC(=O)NCc1cnc2c(ccn2-c2cc(NC(C)C)c(C(=O)NCC(F)C(C)(C)O)cn2)c1. The van der Waals surface area contributed by atoms with Crippen LogP contribution in [-0.4, -0.2) is 55.8 Å². The number of carbonyl (C=O) groups is 2. The van der Waals surface area contributed by atoms with Gasteiger partial charge in [0.2, 0.25) is 5.91 Å². The quantitative estimate of drug-likeness (QED) is 0.282. The van der Waals surface area contributed by atoms with Crippen molar-refractivity contribution in [2.45, 2.75) is 78.7 Å². The summed E-state index contributed by atoms with van der Waals surface area (Å²) in [7, 11) is 0. The number of aromatic nitrogens is 3. The lowest BCUT2D eigenvalue weighted by Crippen LogP contribution is -2.42. The molecule has 0 aliphatic carbocycles. The Hall–Kier alpha value is -3.53. The van der Waals surface area contributed by atoms with E-state index in [2.05, 4.69) is 39.8 Å². The van der Waals surface area contributed by atoms with E-state index in [0.717, 1.165) is 17.4 Å². The van der Waals surface area contributed by atoms with Gasteiger partial charge in [-0.25, -0.2) is 14.4 Å². The minimum atomic E-state index is -1.62. The third-order valence-corrected chi connectivity index (χ3v) is 6.06. The zero-order chi connectivity index (χ0) is 28.0. The highest BCUT2D eigenvalue weighted by molar-refractivity contribution is 5.99. The third-order valence-electron chi connectivity index (χ3n) is 6.06. The first-order valence-electron chi connectivity index (χ1n) is 13.0. The standard InChI is InChI=1S/C28H39FN6O3/c1-17(2)7-8-25(36)31-13-19-11-20-9-10-35(26(20)32-14-19)24-12-22(34-18(3)4)21(15-30-24)27(37)33-16-23(29)28(5,6)38/h9-12,14-15,17-18,23,38H,7-8,13,16H2,1-6H3,(H,30,34)(H,31,36)(H,33,37). The molecule has 38 heavy (non-hydrogen) atoms. The number of alkyl halides is 1. The van der Waals surface area contributed by atoms with Crippen LogP contribution in [0.2, 0.25) is 0 Å². The molecule has 2 amide bonds. The average Bonchev–Trinajstić information content (AvgIpc) is 3.26. The van der Waals surface area contributed by atoms with Crippen LogP contribution in [-0.2, 0) is 11.3 Å². The minimum absolute atomic E-state index is 0.0250. The second-order valence-corrected chi connectivity index (χ2v) is 10.9. The Bertz CT molecular complexity index is 1270. The topological polar surface area (TPSA) is 121 Å². The van der Waals surface area contributed by atoms with Crippen molar-refractivity contribution in [2.75, 3.05) is 11.9 Å². The molecule has 0 bridgehead atoms. The summed E-state index contributed by atoms with van der Waals surface area (Å²) in [5.74, 6) is 0.571. The monoisotopic (exact) mass is 526 g/mol. The molecule has 3 rings (SSSR count). The number of hydrogen-bond donors (Lipinski definition) is 4. The van der Waals surface area contributed by atoms with Crippen molar-refractivity contribution in [3.63, 3.8) is 0 Å². The Morgan fingerprint density at radius 3 is 2.50 bits per heavy atom. The van der Waals surface area contributed by atoms with E-state index < -0.39 is 17.7 Å². The molecule has 0 fully saturated rings. The van der Waals surface area contributed by atoms with E-state index in [4.69, 9.17) is 0 Å². The van der Waals surface area contributed by atoms with Gasteiger partial charge in [-0.3, -0.25) is 14.2 Å². The zero-order valence-corrected chi connectivity index (χ0v) is 23.0. The number of halogens is 1. The van der Waals surface area contributed by atoms with Crippen LogP contribution in [0.25, 0.3) is 16.9 Å². The second-order valence-electron chi connectivity index (χ2n) is 10.9. The predicted octanol–water partition coefficient (Wildman–Crippen LogP) is 4.13. The first kappa shape index (κ1) is 29.0. The summed E-state index contributed by atoms with van der Waals surface area (Å²) in [6, 6.07) is 5.68. The molecule has 3 heterocycles. The van der Waals surface area contributed by atoms with E-state index in [9.17, 15) is 19.1 Å². The number of nitrogens with one attached hydrogen (secondary N) is 3. The Morgan fingerprint density at radius 2 is 1.84 bits per heavy atom. The van der Waals surface area contributed by atoms with Crippen molar-refractivity contribution in [1.29, 1.82) is 0 Å². The Labute approximate surface area is 223 Å². The van der Waals surface area contributed by atoms with E-state index in [-0.39, 0.29) is 24.1 Å². The number of amides is 2.